The summed E-state index contributed by atoms with van der Waals surface area (Å²) in [6.07, 6.45) is 0.951. The number of ether oxygens (including phenoxy) is 3. The third-order valence-corrected chi connectivity index (χ3v) is 4.20. The monoisotopic (exact) mass is 323 g/mol. The number of methoxy groups -OCH3 is 3. The number of nitrogen functional groups attached to an aromatic ring is 1. The number of carbonyl (C=O) groups is 1. The number of rotatable bonds is 5. The highest BCUT2D eigenvalue weighted by molar-refractivity contribution is 5.93. The summed E-state index contributed by atoms with van der Waals surface area (Å²) in [5.74, 6) is 0. The van der Waals surface area contributed by atoms with Crippen molar-refractivity contribution in [3.8, 4) is 0 Å². The third kappa shape index (κ3) is 3.51. The molecule has 1 aliphatic heterocycles. The number of nitrogens with zero attached hydrogens (tertiary/aromatic N) is 1. The molecule has 0 aliphatic carbocycles. The Morgan fingerprint density at radius 1 is 1.39 bits per heavy atom. The Hall–Kier alpha value is -1.99. The molecule has 1 aromatic carbocycles. The molecular formula is C16H25N3O4. The minimum atomic E-state index is -0.364. The number of benzene rings is 1. The van der Waals surface area contributed by atoms with Gasteiger partial charge < -0.3 is 25.3 Å². The fourth-order valence-corrected chi connectivity index (χ4v) is 2.85. The first-order valence-corrected chi connectivity index (χ1v) is 7.61. The Kier molecular flexibility index (Phi) is 5.68. The average molecular weight is 323 g/mol. The van der Waals surface area contributed by atoms with E-state index in [9.17, 15) is 4.79 Å². The molecule has 0 saturated carbocycles. The van der Waals surface area contributed by atoms with E-state index >= 15 is 0 Å². The SMILES string of the molecule is COC(=O)N1c2ccc(NCC(OC)OC)c(N)c2CCC1C. The fourth-order valence-electron chi connectivity index (χ4n) is 2.85. The lowest BCUT2D eigenvalue weighted by Crippen LogP contribution is -2.42. The normalized spacial score (nSPS) is 17.1. The van der Waals surface area contributed by atoms with Crippen LogP contribution in [0.15, 0.2) is 12.1 Å². The van der Waals surface area contributed by atoms with Crippen LogP contribution < -0.4 is 16.0 Å². The van der Waals surface area contributed by atoms with Crippen LogP contribution in [-0.2, 0) is 20.6 Å². The van der Waals surface area contributed by atoms with Crippen LogP contribution in [-0.4, -0.2) is 46.3 Å². The summed E-state index contributed by atoms with van der Waals surface area (Å²) in [5, 5.41) is 3.22. The van der Waals surface area contributed by atoms with Crippen molar-refractivity contribution >= 4 is 23.2 Å². The number of nitrogens with one attached hydrogen (secondary N) is 1. The molecule has 0 saturated heterocycles. The summed E-state index contributed by atoms with van der Waals surface area (Å²) in [7, 11) is 4.56. The van der Waals surface area contributed by atoms with E-state index in [0.717, 1.165) is 29.8 Å². The number of anilines is 3. The number of hydrogen-bond acceptors (Lipinski definition) is 6. The number of fused-ring (bicyclic) bond motifs is 1. The first-order valence-electron chi connectivity index (χ1n) is 7.61. The van der Waals surface area contributed by atoms with E-state index in [4.69, 9.17) is 19.9 Å². The van der Waals surface area contributed by atoms with Gasteiger partial charge in [0.05, 0.1) is 30.7 Å². The van der Waals surface area contributed by atoms with E-state index in [2.05, 4.69) is 5.32 Å². The second-order valence-corrected chi connectivity index (χ2v) is 5.53. The molecule has 0 fully saturated rings. The molecule has 1 heterocycles. The molecule has 7 nitrogen and oxygen atoms in total. The minimum absolute atomic E-state index is 0.0829. The van der Waals surface area contributed by atoms with Crippen molar-refractivity contribution in [1.29, 1.82) is 0 Å². The molecule has 128 valence electrons. The molecule has 1 unspecified atom stereocenters. The molecule has 3 N–H and O–H groups in total. The van der Waals surface area contributed by atoms with E-state index in [1.54, 1.807) is 19.1 Å². The van der Waals surface area contributed by atoms with Gasteiger partial charge in [-0.1, -0.05) is 0 Å². The van der Waals surface area contributed by atoms with Crippen LogP contribution in [0.25, 0.3) is 0 Å². The van der Waals surface area contributed by atoms with E-state index in [-0.39, 0.29) is 18.4 Å². The van der Waals surface area contributed by atoms with Crippen molar-refractivity contribution in [2.24, 2.45) is 0 Å². The van der Waals surface area contributed by atoms with Gasteiger partial charge in [-0.15, -0.1) is 0 Å². The first kappa shape index (κ1) is 17.4. The van der Waals surface area contributed by atoms with Crippen molar-refractivity contribution in [3.05, 3.63) is 17.7 Å². The molecular weight excluding hydrogens is 298 g/mol. The predicted octanol–water partition coefficient (Wildman–Crippen LogP) is 2.21. The van der Waals surface area contributed by atoms with Crippen molar-refractivity contribution in [2.75, 3.05) is 43.8 Å². The molecule has 0 bridgehead atoms. The van der Waals surface area contributed by atoms with Crippen LogP contribution in [0.5, 0.6) is 0 Å². The molecule has 1 aromatic rings. The molecule has 7 heteroatoms. The molecule has 1 atom stereocenters. The highest BCUT2D eigenvalue weighted by atomic mass is 16.7. The summed E-state index contributed by atoms with van der Waals surface area (Å²) < 4.78 is 15.2. The Balaban J connectivity index is 2.27. The summed E-state index contributed by atoms with van der Waals surface area (Å²) in [5.41, 5.74) is 9.53. The summed E-state index contributed by atoms with van der Waals surface area (Å²) in [4.78, 5) is 13.7. The maximum Gasteiger partial charge on any atom is 0.414 e. The van der Waals surface area contributed by atoms with Gasteiger partial charge in [-0.2, -0.15) is 0 Å². The largest absolute Gasteiger partial charge is 0.452 e. The lowest BCUT2D eigenvalue weighted by Gasteiger charge is -2.35. The quantitative estimate of drug-likeness (QED) is 0.638. The van der Waals surface area contributed by atoms with E-state index < -0.39 is 0 Å². The molecule has 0 aromatic heterocycles. The van der Waals surface area contributed by atoms with Crippen LogP contribution in [0.3, 0.4) is 0 Å². The molecule has 1 aliphatic rings. The lowest BCUT2D eigenvalue weighted by molar-refractivity contribution is -0.0913. The van der Waals surface area contributed by atoms with Gasteiger partial charge in [-0.25, -0.2) is 4.79 Å². The van der Waals surface area contributed by atoms with E-state index in [1.807, 2.05) is 19.1 Å². The van der Waals surface area contributed by atoms with Crippen molar-refractivity contribution in [1.82, 2.24) is 0 Å². The van der Waals surface area contributed by atoms with Gasteiger partial charge in [0.25, 0.3) is 0 Å². The standard InChI is InChI=1S/C16H25N3O4/c1-10-5-6-11-13(19(10)16(20)23-4)8-7-12(15(11)17)18-9-14(21-2)22-3/h7-8,10,14,18H,5-6,9,17H2,1-4H3. The Morgan fingerprint density at radius 2 is 2.09 bits per heavy atom. The van der Waals surface area contributed by atoms with Gasteiger partial charge in [0.2, 0.25) is 0 Å². The van der Waals surface area contributed by atoms with Gasteiger partial charge in [0, 0.05) is 25.8 Å². The van der Waals surface area contributed by atoms with Crippen LogP contribution in [0.4, 0.5) is 21.9 Å². The van der Waals surface area contributed by atoms with Gasteiger partial charge in [-0.05, 0) is 31.9 Å². The molecule has 2 rings (SSSR count). The Bertz CT molecular complexity index is 561. The number of hydrogen-bond donors (Lipinski definition) is 2. The van der Waals surface area contributed by atoms with Crippen LogP contribution in [0, 0.1) is 0 Å². The van der Waals surface area contributed by atoms with Gasteiger partial charge >= 0.3 is 6.09 Å². The van der Waals surface area contributed by atoms with E-state index in [0.29, 0.717) is 12.2 Å². The fraction of sp³-hybridized carbons (Fsp3) is 0.562. The highest BCUT2D eigenvalue weighted by Gasteiger charge is 2.30. The second kappa shape index (κ2) is 7.52. The summed E-state index contributed by atoms with van der Waals surface area (Å²) in [6, 6.07) is 3.85. The first-order chi connectivity index (χ1) is 11.0. The second-order valence-electron chi connectivity index (χ2n) is 5.53. The van der Waals surface area contributed by atoms with Crippen LogP contribution in [0.2, 0.25) is 0 Å². The van der Waals surface area contributed by atoms with Crippen molar-refractivity contribution in [3.63, 3.8) is 0 Å². The molecule has 0 spiro atoms. The predicted molar refractivity (Wildman–Crippen MR) is 89.8 cm³/mol. The zero-order chi connectivity index (χ0) is 17.0. The van der Waals surface area contributed by atoms with Crippen molar-refractivity contribution < 1.29 is 19.0 Å². The molecule has 23 heavy (non-hydrogen) atoms. The maximum absolute atomic E-state index is 12.0. The Morgan fingerprint density at radius 3 is 2.70 bits per heavy atom. The Labute approximate surface area is 136 Å². The molecule has 0 radical (unpaired) electrons. The zero-order valence-electron chi connectivity index (χ0n) is 14.1. The lowest BCUT2D eigenvalue weighted by atomic mass is 9.95. The maximum atomic E-state index is 12.0. The molecule has 1 amide bonds. The summed E-state index contributed by atoms with van der Waals surface area (Å²) >= 11 is 0. The highest BCUT2D eigenvalue weighted by Crippen LogP contribution is 2.38. The number of nitrogens with two attached hydrogens (primary N) is 1. The topological polar surface area (TPSA) is 86.0 Å². The average Bonchev–Trinajstić information content (AvgIpc) is 2.56. The van der Waals surface area contributed by atoms with Crippen LogP contribution in [0.1, 0.15) is 18.9 Å². The van der Waals surface area contributed by atoms with E-state index in [1.165, 1.54) is 7.11 Å². The third-order valence-electron chi connectivity index (χ3n) is 4.20. The number of carbonyl (C=O) groups excluding carboxylic acids is 1. The smallest absolute Gasteiger partial charge is 0.414 e. The van der Waals surface area contributed by atoms with Gasteiger partial charge in [0.1, 0.15) is 0 Å². The zero-order valence-corrected chi connectivity index (χ0v) is 14.1. The van der Waals surface area contributed by atoms with Crippen LogP contribution >= 0.6 is 0 Å². The summed E-state index contributed by atoms with van der Waals surface area (Å²) in [6.45, 7) is 2.48. The van der Waals surface area contributed by atoms with Gasteiger partial charge in [-0.3, -0.25) is 4.90 Å². The van der Waals surface area contributed by atoms with Gasteiger partial charge in [0.15, 0.2) is 6.29 Å². The number of amides is 1. The minimum Gasteiger partial charge on any atom is -0.452 e. The van der Waals surface area contributed by atoms with Crippen molar-refractivity contribution in [2.45, 2.75) is 32.1 Å².